The fourth-order valence-corrected chi connectivity index (χ4v) is 3.11. The zero-order valence-electron chi connectivity index (χ0n) is 15.2. The molecule has 0 radical (unpaired) electrons. The van der Waals surface area contributed by atoms with Crippen LogP contribution in [0.5, 0.6) is 5.75 Å². The van der Waals surface area contributed by atoms with E-state index in [-0.39, 0.29) is 6.04 Å². The Bertz CT molecular complexity index is 874. The molecule has 0 aliphatic carbocycles. The normalized spacial score (nSPS) is 13.8. The van der Waals surface area contributed by atoms with Crippen molar-refractivity contribution in [2.24, 2.45) is 0 Å². The van der Waals surface area contributed by atoms with Gasteiger partial charge in [-0.25, -0.2) is 0 Å². The Balaban J connectivity index is 1.65. The highest BCUT2D eigenvalue weighted by Crippen LogP contribution is 2.28. The van der Waals surface area contributed by atoms with Crippen molar-refractivity contribution in [2.75, 3.05) is 13.7 Å². The lowest BCUT2D eigenvalue weighted by atomic mass is 10.0. The average Bonchev–Trinajstić information content (AvgIpc) is 2.71. The van der Waals surface area contributed by atoms with Gasteiger partial charge in [0.1, 0.15) is 5.75 Å². The lowest BCUT2D eigenvalue weighted by Crippen LogP contribution is -2.32. The number of aliphatic hydroxyl groups is 1. The summed E-state index contributed by atoms with van der Waals surface area (Å²) >= 11 is 0. The van der Waals surface area contributed by atoms with Gasteiger partial charge in [0, 0.05) is 18.0 Å². The third kappa shape index (κ3) is 4.13. The lowest BCUT2D eigenvalue weighted by molar-refractivity contribution is 0.138. The van der Waals surface area contributed by atoms with Crippen molar-refractivity contribution < 1.29 is 9.84 Å². The molecule has 0 amide bonds. The second-order valence-corrected chi connectivity index (χ2v) is 6.36. The van der Waals surface area contributed by atoms with Crippen LogP contribution in [0.1, 0.15) is 24.2 Å². The fourth-order valence-electron chi connectivity index (χ4n) is 3.11. The van der Waals surface area contributed by atoms with Gasteiger partial charge in [-0.1, -0.05) is 72.8 Å². The van der Waals surface area contributed by atoms with Crippen molar-refractivity contribution in [1.82, 2.24) is 5.32 Å². The summed E-state index contributed by atoms with van der Waals surface area (Å²) in [6.07, 6.45) is 3.67. The summed E-state index contributed by atoms with van der Waals surface area (Å²) in [4.78, 5) is 0. The van der Waals surface area contributed by atoms with Gasteiger partial charge in [-0.05, 0) is 29.5 Å². The quantitative estimate of drug-likeness (QED) is 0.658. The number of ether oxygens (including phenoxy) is 1. The topological polar surface area (TPSA) is 41.5 Å². The summed E-state index contributed by atoms with van der Waals surface area (Å²) in [6, 6.07) is 22.0. The van der Waals surface area contributed by atoms with Gasteiger partial charge in [-0.2, -0.15) is 0 Å². The minimum absolute atomic E-state index is 0.0327. The molecule has 3 nitrogen and oxygen atoms in total. The molecule has 134 valence electrons. The van der Waals surface area contributed by atoms with Crippen LogP contribution in [0, 0.1) is 0 Å². The molecule has 2 atom stereocenters. The fraction of sp³-hybridized carbons (Fsp3) is 0.217. The number of fused-ring (bicyclic) bond motifs is 1. The van der Waals surface area contributed by atoms with Gasteiger partial charge in [0.15, 0.2) is 0 Å². The van der Waals surface area contributed by atoms with Crippen molar-refractivity contribution in [3.63, 3.8) is 0 Å². The van der Waals surface area contributed by atoms with Gasteiger partial charge < -0.3 is 15.2 Å². The number of nitrogens with one attached hydrogen (secondary N) is 1. The van der Waals surface area contributed by atoms with Gasteiger partial charge in [-0.15, -0.1) is 0 Å². The molecule has 2 unspecified atom stereocenters. The van der Waals surface area contributed by atoms with Crippen LogP contribution in [0.4, 0.5) is 0 Å². The molecule has 0 aromatic heterocycles. The second-order valence-electron chi connectivity index (χ2n) is 6.36. The first-order valence-electron chi connectivity index (χ1n) is 8.89. The molecule has 2 N–H and O–H groups in total. The van der Waals surface area contributed by atoms with Gasteiger partial charge in [0.2, 0.25) is 0 Å². The molecular weight excluding hydrogens is 322 g/mol. The number of aliphatic hydroxyl groups excluding tert-OH is 1. The first kappa shape index (κ1) is 18.2. The molecule has 0 fully saturated rings. The molecule has 3 aromatic carbocycles. The Hall–Kier alpha value is -2.62. The molecule has 0 bridgehead atoms. The third-order valence-electron chi connectivity index (χ3n) is 4.61. The van der Waals surface area contributed by atoms with Crippen LogP contribution < -0.4 is 10.1 Å². The minimum atomic E-state index is -0.522. The van der Waals surface area contributed by atoms with E-state index in [1.165, 1.54) is 5.39 Å². The Kier molecular flexibility index (Phi) is 6.05. The Morgan fingerprint density at radius 1 is 0.962 bits per heavy atom. The van der Waals surface area contributed by atoms with E-state index in [0.29, 0.717) is 6.54 Å². The SMILES string of the molecule is COc1ccc(/C=C/CNC(C)C(O)c2ccccc2)c2ccccc12. The highest BCUT2D eigenvalue weighted by atomic mass is 16.5. The van der Waals surface area contributed by atoms with Crippen LogP contribution in [0.15, 0.2) is 72.8 Å². The van der Waals surface area contributed by atoms with Crippen LogP contribution in [-0.2, 0) is 0 Å². The average molecular weight is 347 g/mol. The minimum Gasteiger partial charge on any atom is -0.496 e. The molecule has 0 saturated heterocycles. The molecule has 0 aliphatic heterocycles. The molecule has 3 heteroatoms. The molecule has 0 spiro atoms. The largest absolute Gasteiger partial charge is 0.496 e. The maximum Gasteiger partial charge on any atom is 0.126 e. The molecule has 0 aliphatic rings. The van der Waals surface area contributed by atoms with Crippen LogP contribution in [0.2, 0.25) is 0 Å². The third-order valence-corrected chi connectivity index (χ3v) is 4.61. The monoisotopic (exact) mass is 347 g/mol. The number of benzene rings is 3. The first-order chi connectivity index (χ1) is 12.7. The summed E-state index contributed by atoms with van der Waals surface area (Å²) < 4.78 is 5.44. The first-order valence-corrected chi connectivity index (χ1v) is 8.89. The molecule has 3 aromatic rings. The van der Waals surface area contributed by atoms with E-state index in [1.54, 1.807) is 7.11 Å². The molecule has 0 saturated carbocycles. The van der Waals surface area contributed by atoms with E-state index < -0.39 is 6.10 Å². The van der Waals surface area contributed by atoms with Crippen molar-refractivity contribution in [3.05, 3.63) is 83.9 Å². The zero-order valence-corrected chi connectivity index (χ0v) is 15.2. The molecule has 0 heterocycles. The highest BCUT2D eigenvalue weighted by molar-refractivity contribution is 5.94. The van der Waals surface area contributed by atoms with Gasteiger partial charge in [0.05, 0.1) is 13.2 Å². The summed E-state index contributed by atoms with van der Waals surface area (Å²) in [5.74, 6) is 0.885. The van der Waals surface area contributed by atoms with E-state index >= 15 is 0 Å². The van der Waals surface area contributed by atoms with Crippen molar-refractivity contribution in [3.8, 4) is 5.75 Å². The van der Waals surface area contributed by atoms with Crippen LogP contribution in [-0.4, -0.2) is 24.8 Å². The summed E-state index contributed by atoms with van der Waals surface area (Å²) in [7, 11) is 1.70. The summed E-state index contributed by atoms with van der Waals surface area (Å²) in [5.41, 5.74) is 2.08. The van der Waals surface area contributed by atoms with Gasteiger partial charge in [0.25, 0.3) is 0 Å². The maximum atomic E-state index is 10.4. The van der Waals surface area contributed by atoms with E-state index in [9.17, 15) is 5.11 Å². The molecular formula is C23H25NO2. The highest BCUT2D eigenvalue weighted by Gasteiger charge is 2.14. The van der Waals surface area contributed by atoms with E-state index in [1.807, 2.05) is 55.5 Å². The molecule has 3 rings (SSSR count). The number of hydrogen-bond donors (Lipinski definition) is 2. The Labute approximate surface area is 154 Å². The number of methoxy groups -OCH3 is 1. The second kappa shape index (κ2) is 8.65. The van der Waals surface area contributed by atoms with Crippen molar-refractivity contribution >= 4 is 16.8 Å². The van der Waals surface area contributed by atoms with Crippen molar-refractivity contribution in [2.45, 2.75) is 19.1 Å². The van der Waals surface area contributed by atoms with Gasteiger partial charge in [-0.3, -0.25) is 0 Å². The van der Waals surface area contributed by atoms with Crippen LogP contribution in [0.3, 0.4) is 0 Å². The maximum absolute atomic E-state index is 10.4. The standard InChI is InChI=1S/C23H25NO2/c1-17(23(25)19-9-4-3-5-10-19)24-16-8-11-18-14-15-22(26-2)21-13-7-6-12-20(18)21/h3-15,17,23-25H,16H2,1-2H3/b11-8+. The Morgan fingerprint density at radius 2 is 1.65 bits per heavy atom. The molecule has 26 heavy (non-hydrogen) atoms. The number of rotatable bonds is 7. The van der Waals surface area contributed by atoms with E-state index in [2.05, 4.69) is 35.7 Å². The number of hydrogen-bond acceptors (Lipinski definition) is 3. The predicted molar refractivity (Wildman–Crippen MR) is 108 cm³/mol. The van der Waals surface area contributed by atoms with Crippen LogP contribution in [0.25, 0.3) is 16.8 Å². The zero-order chi connectivity index (χ0) is 18.4. The lowest BCUT2D eigenvalue weighted by Gasteiger charge is -2.19. The van der Waals surface area contributed by atoms with E-state index in [0.717, 1.165) is 22.3 Å². The predicted octanol–water partition coefficient (Wildman–Crippen LogP) is 4.57. The Morgan fingerprint density at radius 3 is 2.38 bits per heavy atom. The summed E-state index contributed by atoms with van der Waals surface area (Å²) in [5, 5.41) is 16.0. The van der Waals surface area contributed by atoms with Crippen LogP contribution >= 0.6 is 0 Å². The van der Waals surface area contributed by atoms with E-state index in [4.69, 9.17) is 4.74 Å². The smallest absolute Gasteiger partial charge is 0.126 e. The van der Waals surface area contributed by atoms with Crippen molar-refractivity contribution in [1.29, 1.82) is 0 Å². The summed E-state index contributed by atoms with van der Waals surface area (Å²) in [6.45, 7) is 2.68. The van der Waals surface area contributed by atoms with Gasteiger partial charge >= 0.3 is 0 Å².